The van der Waals surface area contributed by atoms with Crippen LogP contribution in [-0.4, -0.2) is 38.7 Å². The van der Waals surface area contributed by atoms with Crippen molar-refractivity contribution in [1.82, 2.24) is 19.9 Å². The molecule has 1 amide bonds. The van der Waals surface area contributed by atoms with Crippen LogP contribution in [0.2, 0.25) is 5.02 Å². The van der Waals surface area contributed by atoms with Gasteiger partial charge in [0.15, 0.2) is 5.82 Å². The molecular formula is C22H18Cl2N4O2. The van der Waals surface area contributed by atoms with Gasteiger partial charge >= 0.3 is 0 Å². The van der Waals surface area contributed by atoms with Crippen molar-refractivity contribution in [3.8, 4) is 0 Å². The molecular weight excluding hydrogens is 423 g/mol. The topological polar surface area (TPSA) is 79.8 Å². The molecule has 2 aromatic heterocycles. The maximum absolute atomic E-state index is 13.1. The van der Waals surface area contributed by atoms with Crippen LogP contribution in [-0.2, 0) is 6.54 Å². The van der Waals surface area contributed by atoms with E-state index in [1.807, 2.05) is 59.3 Å². The standard InChI is InChI=1S/C22H18Cl2N4O2/c23-9-10-25-22(30)18-11-26-21(27-18)20(29)17-13-28(19-4-2-1-3-16(17)19)12-14-5-7-15(24)8-6-14/h1-8,11,13H,9-10,12H2,(H,25,30)(H,26,27). The number of fused-ring (bicyclic) bond motifs is 1. The van der Waals surface area contributed by atoms with Crippen LogP contribution in [0, 0.1) is 0 Å². The second-order valence-corrected chi connectivity index (χ2v) is 7.55. The van der Waals surface area contributed by atoms with Crippen molar-refractivity contribution in [1.29, 1.82) is 0 Å². The first-order valence-corrected chi connectivity index (χ1v) is 10.2. The Hall–Kier alpha value is -3.09. The molecule has 4 aromatic rings. The van der Waals surface area contributed by atoms with Crippen LogP contribution in [0.3, 0.4) is 0 Å². The molecule has 4 rings (SSSR count). The molecule has 0 fully saturated rings. The molecule has 8 heteroatoms. The number of hydrogen-bond acceptors (Lipinski definition) is 3. The van der Waals surface area contributed by atoms with Gasteiger partial charge in [0.05, 0.1) is 11.8 Å². The number of carbonyl (C=O) groups is 2. The number of H-pyrrole nitrogens is 1. The lowest BCUT2D eigenvalue weighted by atomic mass is 10.1. The summed E-state index contributed by atoms with van der Waals surface area (Å²) in [6.45, 7) is 0.927. The van der Waals surface area contributed by atoms with Crippen molar-refractivity contribution in [3.05, 3.63) is 88.6 Å². The molecule has 2 N–H and O–H groups in total. The predicted molar refractivity (Wildman–Crippen MR) is 118 cm³/mol. The summed E-state index contributed by atoms with van der Waals surface area (Å²) in [6.07, 6.45) is 3.17. The second kappa shape index (κ2) is 8.73. The molecule has 2 aromatic carbocycles. The van der Waals surface area contributed by atoms with Gasteiger partial charge in [-0.15, -0.1) is 11.6 Å². The van der Waals surface area contributed by atoms with Crippen molar-refractivity contribution >= 4 is 45.8 Å². The van der Waals surface area contributed by atoms with Gasteiger partial charge in [0.2, 0.25) is 5.78 Å². The monoisotopic (exact) mass is 440 g/mol. The highest BCUT2D eigenvalue weighted by Crippen LogP contribution is 2.24. The van der Waals surface area contributed by atoms with E-state index >= 15 is 0 Å². The van der Waals surface area contributed by atoms with Crippen LogP contribution in [0.4, 0.5) is 0 Å². The van der Waals surface area contributed by atoms with E-state index in [-0.39, 0.29) is 23.2 Å². The maximum atomic E-state index is 13.1. The fourth-order valence-corrected chi connectivity index (χ4v) is 3.50. The molecule has 0 radical (unpaired) electrons. The Labute approximate surface area is 182 Å². The van der Waals surface area contributed by atoms with Gasteiger partial charge in [-0.2, -0.15) is 0 Å². The number of para-hydroxylation sites is 1. The van der Waals surface area contributed by atoms with Crippen molar-refractivity contribution < 1.29 is 9.59 Å². The second-order valence-electron chi connectivity index (χ2n) is 6.73. The third kappa shape index (κ3) is 4.10. The fraction of sp³-hybridized carbons (Fsp3) is 0.136. The minimum absolute atomic E-state index is 0.111. The van der Waals surface area contributed by atoms with Gasteiger partial charge in [0.1, 0.15) is 5.69 Å². The number of nitrogens with zero attached hydrogens (tertiary/aromatic N) is 2. The molecule has 0 saturated heterocycles. The number of nitrogens with one attached hydrogen (secondary N) is 2. The van der Waals surface area contributed by atoms with E-state index in [1.165, 1.54) is 6.20 Å². The summed E-state index contributed by atoms with van der Waals surface area (Å²) in [5, 5.41) is 4.14. The van der Waals surface area contributed by atoms with Crippen LogP contribution in [0.1, 0.15) is 32.2 Å². The highest BCUT2D eigenvalue weighted by Gasteiger charge is 2.20. The quantitative estimate of drug-likeness (QED) is 0.332. The van der Waals surface area contributed by atoms with Crippen LogP contribution in [0.5, 0.6) is 0 Å². The maximum Gasteiger partial charge on any atom is 0.269 e. The number of imidazole rings is 1. The summed E-state index contributed by atoms with van der Waals surface area (Å²) >= 11 is 11.6. The summed E-state index contributed by atoms with van der Waals surface area (Å²) in [5.74, 6) is -0.219. The Bertz CT molecular complexity index is 1210. The number of carbonyl (C=O) groups excluding carboxylic acids is 2. The Balaban J connectivity index is 1.66. The molecule has 0 aliphatic rings. The zero-order chi connectivity index (χ0) is 21.1. The van der Waals surface area contributed by atoms with Crippen molar-refractivity contribution in [2.75, 3.05) is 12.4 Å². The van der Waals surface area contributed by atoms with Gasteiger partial charge in [-0.05, 0) is 23.8 Å². The predicted octanol–water partition coefficient (Wildman–Crippen LogP) is 4.27. The normalized spacial score (nSPS) is 11.0. The van der Waals surface area contributed by atoms with E-state index in [2.05, 4.69) is 15.3 Å². The van der Waals surface area contributed by atoms with Crippen LogP contribution in [0.15, 0.2) is 60.9 Å². The number of aromatic nitrogens is 3. The van der Waals surface area contributed by atoms with Gasteiger partial charge in [-0.25, -0.2) is 4.98 Å². The van der Waals surface area contributed by atoms with Crippen LogP contribution in [0.25, 0.3) is 10.9 Å². The molecule has 0 aliphatic heterocycles. The molecule has 0 aliphatic carbocycles. The lowest BCUT2D eigenvalue weighted by Gasteiger charge is -2.05. The van der Waals surface area contributed by atoms with E-state index in [9.17, 15) is 9.59 Å². The highest BCUT2D eigenvalue weighted by molar-refractivity contribution is 6.30. The molecule has 0 bridgehead atoms. The number of rotatable bonds is 7. The van der Waals surface area contributed by atoms with E-state index in [1.54, 1.807) is 0 Å². The number of amides is 1. The molecule has 2 heterocycles. The van der Waals surface area contributed by atoms with Gasteiger partial charge < -0.3 is 14.9 Å². The molecule has 6 nitrogen and oxygen atoms in total. The summed E-state index contributed by atoms with van der Waals surface area (Å²) in [6, 6.07) is 15.3. The van der Waals surface area contributed by atoms with Crippen molar-refractivity contribution in [2.45, 2.75) is 6.54 Å². The number of hydrogen-bond donors (Lipinski definition) is 2. The Morgan fingerprint density at radius 3 is 2.63 bits per heavy atom. The van der Waals surface area contributed by atoms with Crippen molar-refractivity contribution in [2.24, 2.45) is 0 Å². The SMILES string of the molecule is O=C(NCCCl)c1cnc(C(=O)c2cn(Cc3ccc(Cl)cc3)c3ccccc23)[nH]1. The van der Waals surface area contributed by atoms with E-state index < -0.39 is 0 Å². The first-order chi connectivity index (χ1) is 14.6. The average molecular weight is 441 g/mol. The number of alkyl halides is 1. The summed E-state index contributed by atoms with van der Waals surface area (Å²) in [5.41, 5.74) is 2.73. The third-order valence-electron chi connectivity index (χ3n) is 4.71. The summed E-state index contributed by atoms with van der Waals surface area (Å²) in [7, 11) is 0. The minimum atomic E-state index is -0.354. The van der Waals surface area contributed by atoms with Gasteiger partial charge in [0, 0.05) is 41.1 Å². The first kappa shape index (κ1) is 20.2. The van der Waals surface area contributed by atoms with E-state index in [4.69, 9.17) is 23.2 Å². The summed E-state index contributed by atoms with van der Waals surface area (Å²) in [4.78, 5) is 32.1. The van der Waals surface area contributed by atoms with Gasteiger partial charge in [-0.3, -0.25) is 9.59 Å². The highest BCUT2D eigenvalue weighted by atomic mass is 35.5. The lowest BCUT2D eigenvalue weighted by Crippen LogP contribution is -2.25. The lowest BCUT2D eigenvalue weighted by molar-refractivity contribution is 0.0951. The van der Waals surface area contributed by atoms with E-state index in [0.717, 1.165) is 16.5 Å². The molecule has 0 unspecified atom stereocenters. The van der Waals surface area contributed by atoms with Crippen LogP contribution < -0.4 is 5.32 Å². The zero-order valence-corrected chi connectivity index (χ0v) is 17.4. The van der Waals surface area contributed by atoms with E-state index in [0.29, 0.717) is 29.6 Å². The molecule has 0 saturated carbocycles. The zero-order valence-electron chi connectivity index (χ0n) is 15.9. The van der Waals surface area contributed by atoms with Gasteiger partial charge in [-0.1, -0.05) is 41.9 Å². The third-order valence-corrected chi connectivity index (χ3v) is 5.16. The van der Waals surface area contributed by atoms with Gasteiger partial charge in [0.25, 0.3) is 5.91 Å². The molecule has 152 valence electrons. The largest absolute Gasteiger partial charge is 0.350 e. The Kier molecular flexibility index (Phi) is 5.88. The number of ketones is 1. The first-order valence-electron chi connectivity index (χ1n) is 9.33. The molecule has 0 atom stereocenters. The Morgan fingerprint density at radius 2 is 1.87 bits per heavy atom. The molecule has 0 spiro atoms. The smallest absolute Gasteiger partial charge is 0.269 e. The average Bonchev–Trinajstić information content (AvgIpc) is 3.39. The minimum Gasteiger partial charge on any atom is -0.350 e. The number of halogens is 2. The van der Waals surface area contributed by atoms with Crippen molar-refractivity contribution in [3.63, 3.8) is 0 Å². The molecule has 30 heavy (non-hydrogen) atoms. The fourth-order valence-electron chi connectivity index (χ4n) is 3.28. The number of aromatic amines is 1. The van der Waals surface area contributed by atoms with Crippen LogP contribution >= 0.6 is 23.2 Å². The summed E-state index contributed by atoms with van der Waals surface area (Å²) < 4.78 is 2.02. The Morgan fingerprint density at radius 1 is 1.10 bits per heavy atom. The number of benzene rings is 2.